The van der Waals surface area contributed by atoms with Gasteiger partial charge in [-0.25, -0.2) is 0 Å². The van der Waals surface area contributed by atoms with E-state index in [1.165, 1.54) is 0 Å². The summed E-state index contributed by atoms with van der Waals surface area (Å²) in [6.45, 7) is 2.19. The van der Waals surface area contributed by atoms with E-state index in [0.717, 1.165) is 15.2 Å². The summed E-state index contributed by atoms with van der Waals surface area (Å²) in [5.74, 6) is 0.0132. The molecule has 0 radical (unpaired) electrons. The Labute approximate surface area is 165 Å². The van der Waals surface area contributed by atoms with Gasteiger partial charge in [-0.05, 0) is 51.8 Å². The van der Waals surface area contributed by atoms with Crippen LogP contribution in [0.3, 0.4) is 0 Å². The SMILES string of the molecule is CCNC(=O)c1ccccc1NC(=O)COc1ccc2ccccc2c1Br. The molecule has 3 aromatic carbocycles. The van der Waals surface area contributed by atoms with E-state index in [1.807, 2.05) is 43.3 Å². The highest BCUT2D eigenvalue weighted by atomic mass is 79.9. The summed E-state index contributed by atoms with van der Waals surface area (Å²) in [4.78, 5) is 24.4. The minimum atomic E-state index is -0.341. The van der Waals surface area contributed by atoms with Crippen LogP contribution in [-0.4, -0.2) is 25.0 Å². The Morgan fingerprint density at radius 3 is 2.56 bits per heavy atom. The van der Waals surface area contributed by atoms with Crippen LogP contribution in [0.15, 0.2) is 65.1 Å². The van der Waals surface area contributed by atoms with Crippen molar-refractivity contribution in [1.82, 2.24) is 5.32 Å². The maximum atomic E-state index is 12.3. The number of carbonyl (C=O) groups excluding carboxylic acids is 2. The molecule has 5 nitrogen and oxygen atoms in total. The monoisotopic (exact) mass is 426 g/mol. The lowest BCUT2D eigenvalue weighted by Gasteiger charge is -2.12. The van der Waals surface area contributed by atoms with Gasteiger partial charge in [-0.15, -0.1) is 0 Å². The highest BCUT2D eigenvalue weighted by molar-refractivity contribution is 9.10. The molecule has 0 aliphatic heterocycles. The van der Waals surface area contributed by atoms with Crippen molar-refractivity contribution >= 4 is 44.2 Å². The number of benzene rings is 3. The standard InChI is InChI=1S/C21H19BrN2O3/c1-2-23-21(26)16-9-5-6-10-17(16)24-19(25)13-27-18-12-11-14-7-3-4-8-15(14)20(18)22/h3-12H,2,13H2,1H3,(H,23,26)(H,24,25). The Hall–Kier alpha value is -2.86. The van der Waals surface area contributed by atoms with Gasteiger partial charge in [-0.2, -0.15) is 0 Å². The third-order valence-electron chi connectivity index (χ3n) is 3.97. The van der Waals surface area contributed by atoms with Crippen molar-refractivity contribution in [1.29, 1.82) is 0 Å². The molecule has 0 saturated carbocycles. The van der Waals surface area contributed by atoms with Gasteiger partial charge in [0, 0.05) is 6.54 Å². The second kappa shape index (κ2) is 8.68. The summed E-state index contributed by atoms with van der Waals surface area (Å²) >= 11 is 3.54. The van der Waals surface area contributed by atoms with Crippen molar-refractivity contribution in [2.75, 3.05) is 18.5 Å². The van der Waals surface area contributed by atoms with E-state index in [4.69, 9.17) is 4.74 Å². The number of fused-ring (bicyclic) bond motifs is 1. The Morgan fingerprint density at radius 1 is 1.00 bits per heavy atom. The van der Waals surface area contributed by atoms with Crippen molar-refractivity contribution in [3.63, 3.8) is 0 Å². The molecule has 0 fully saturated rings. The van der Waals surface area contributed by atoms with E-state index in [2.05, 4.69) is 26.6 Å². The van der Waals surface area contributed by atoms with Gasteiger partial charge in [0.25, 0.3) is 11.8 Å². The zero-order valence-electron chi connectivity index (χ0n) is 14.8. The van der Waals surface area contributed by atoms with Gasteiger partial charge in [0.15, 0.2) is 6.61 Å². The number of nitrogens with one attached hydrogen (secondary N) is 2. The summed E-state index contributed by atoms with van der Waals surface area (Å²) < 4.78 is 6.47. The molecule has 0 spiro atoms. The maximum Gasteiger partial charge on any atom is 0.262 e. The normalized spacial score (nSPS) is 10.4. The van der Waals surface area contributed by atoms with Crippen LogP contribution in [0.2, 0.25) is 0 Å². The molecule has 138 valence electrons. The van der Waals surface area contributed by atoms with Crippen LogP contribution in [0.1, 0.15) is 17.3 Å². The molecule has 0 unspecified atom stereocenters. The number of carbonyl (C=O) groups is 2. The third kappa shape index (κ3) is 4.46. The smallest absolute Gasteiger partial charge is 0.262 e. The van der Waals surface area contributed by atoms with Gasteiger partial charge in [0.05, 0.1) is 15.7 Å². The van der Waals surface area contributed by atoms with Crippen LogP contribution in [0.25, 0.3) is 10.8 Å². The molecule has 3 aromatic rings. The Balaban J connectivity index is 1.69. The van der Waals surface area contributed by atoms with E-state index in [9.17, 15) is 9.59 Å². The first-order valence-corrected chi connectivity index (χ1v) is 9.36. The van der Waals surface area contributed by atoms with Gasteiger partial charge in [0.1, 0.15) is 5.75 Å². The Bertz CT molecular complexity index is 988. The first-order valence-electron chi connectivity index (χ1n) is 8.57. The predicted molar refractivity (Wildman–Crippen MR) is 110 cm³/mol. The highest BCUT2D eigenvalue weighted by Crippen LogP contribution is 2.33. The molecule has 2 amide bonds. The summed E-state index contributed by atoms with van der Waals surface area (Å²) in [7, 11) is 0. The number of para-hydroxylation sites is 1. The molecule has 0 aromatic heterocycles. The molecule has 3 rings (SSSR count). The van der Waals surface area contributed by atoms with E-state index in [1.54, 1.807) is 24.3 Å². The van der Waals surface area contributed by atoms with E-state index >= 15 is 0 Å². The number of hydrogen-bond donors (Lipinski definition) is 2. The number of anilines is 1. The second-order valence-corrected chi connectivity index (χ2v) is 6.63. The predicted octanol–water partition coefficient (Wildman–Crippen LogP) is 4.37. The molecule has 0 aliphatic carbocycles. The van der Waals surface area contributed by atoms with Gasteiger partial charge in [-0.3, -0.25) is 9.59 Å². The lowest BCUT2D eigenvalue weighted by molar-refractivity contribution is -0.118. The maximum absolute atomic E-state index is 12.3. The summed E-state index contributed by atoms with van der Waals surface area (Å²) in [5.41, 5.74) is 0.870. The minimum absolute atomic E-state index is 0.166. The number of ether oxygens (including phenoxy) is 1. The number of halogens is 1. The van der Waals surface area contributed by atoms with Gasteiger partial charge in [0.2, 0.25) is 0 Å². The molecule has 2 N–H and O–H groups in total. The van der Waals surface area contributed by atoms with Crippen LogP contribution >= 0.6 is 15.9 Å². The lowest BCUT2D eigenvalue weighted by Crippen LogP contribution is -2.26. The fraction of sp³-hybridized carbons (Fsp3) is 0.143. The molecule has 6 heteroatoms. The van der Waals surface area contributed by atoms with Crippen LogP contribution in [0.5, 0.6) is 5.75 Å². The molecule has 0 bridgehead atoms. The van der Waals surface area contributed by atoms with Crippen molar-refractivity contribution in [3.8, 4) is 5.75 Å². The van der Waals surface area contributed by atoms with Gasteiger partial charge in [-0.1, -0.05) is 42.5 Å². The average molecular weight is 427 g/mol. The first kappa shape index (κ1) is 18.9. The molecule has 0 atom stereocenters. The molecular weight excluding hydrogens is 408 g/mol. The summed E-state index contributed by atoms with van der Waals surface area (Å²) in [6.07, 6.45) is 0. The largest absolute Gasteiger partial charge is 0.483 e. The van der Waals surface area contributed by atoms with E-state index in [-0.39, 0.29) is 18.4 Å². The first-order chi connectivity index (χ1) is 13.1. The van der Waals surface area contributed by atoms with Crippen LogP contribution in [0.4, 0.5) is 5.69 Å². The van der Waals surface area contributed by atoms with Crippen molar-refractivity contribution in [2.45, 2.75) is 6.92 Å². The van der Waals surface area contributed by atoms with E-state index < -0.39 is 0 Å². The molecule has 0 heterocycles. The van der Waals surface area contributed by atoms with Crippen LogP contribution < -0.4 is 15.4 Å². The molecule has 0 saturated heterocycles. The molecule has 0 aliphatic rings. The Kier molecular flexibility index (Phi) is 6.08. The van der Waals surface area contributed by atoms with Crippen LogP contribution in [0, 0.1) is 0 Å². The molecule has 27 heavy (non-hydrogen) atoms. The van der Waals surface area contributed by atoms with Crippen molar-refractivity contribution in [2.24, 2.45) is 0 Å². The number of hydrogen-bond acceptors (Lipinski definition) is 3. The molecular formula is C21H19BrN2O3. The van der Waals surface area contributed by atoms with Crippen LogP contribution in [-0.2, 0) is 4.79 Å². The minimum Gasteiger partial charge on any atom is -0.483 e. The van der Waals surface area contributed by atoms with E-state index in [0.29, 0.717) is 23.5 Å². The van der Waals surface area contributed by atoms with Gasteiger partial charge >= 0.3 is 0 Å². The summed E-state index contributed by atoms with van der Waals surface area (Å²) in [5, 5.41) is 7.56. The fourth-order valence-corrected chi connectivity index (χ4v) is 3.31. The summed E-state index contributed by atoms with van der Waals surface area (Å²) in [6, 6.07) is 18.5. The number of amides is 2. The number of rotatable bonds is 6. The van der Waals surface area contributed by atoms with Crippen molar-refractivity contribution < 1.29 is 14.3 Å². The van der Waals surface area contributed by atoms with Gasteiger partial charge < -0.3 is 15.4 Å². The van der Waals surface area contributed by atoms with Crippen molar-refractivity contribution in [3.05, 3.63) is 70.7 Å². The zero-order chi connectivity index (χ0) is 19.2. The highest BCUT2D eigenvalue weighted by Gasteiger charge is 2.13. The quantitative estimate of drug-likeness (QED) is 0.614. The Morgan fingerprint density at radius 2 is 1.74 bits per heavy atom. The fourth-order valence-electron chi connectivity index (χ4n) is 2.70. The topological polar surface area (TPSA) is 67.4 Å². The average Bonchev–Trinajstić information content (AvgIpc) is 2.68. The zero-order valence-corrected chi connectivity index (χ0v) is 16.4. The lowest BCUT2D eigenvalue weighted by atomic mass is 10.1. The third-order valence-corrected chi connectivity index (χ3v) is 4.79. The second-order valence-electron chi connectivity index (χ2n) is 5.84.